The smallest absolute Gasteiger partial charge is 0.244 e. The molecule has 0 spiro atoms. The van der Waals surface area contributed by atoms with Gasteiger partial charge in [0, 0.05) is 6.54 Å². The van der Waals surface area contributed by atoms with Gasteiger partial charge in [-0.2, -0.15) is 11.3 Å². The molecule has 2 rings (SSSR count). The average Bonchev–Trinajstić information content (AvgIpc) is 3.05. The highest BCUT2D eigenvalue weighted by molar-refractivity contribution is 7.07. The Morgan fingerprint density at radius 2 is 2.19 bits per heavy atom. The third-order valence-electron chi connectivity index (χ3n) is 4.50. The molecule has 4 heteroatoms. The molecule has 1 aromatic heterocycles. The summed E-state index contributed by atoms with van der Waals surface area (Å²) >= 11 is 1.69. The third-order valence-corrected chi connectivity index (χ3v) is 5.20. The van der Waals surface area contributed by atoms with E-state index in [1.807, 2.05) is 11.8 Å². The van der Waals surface area contributed by atoms with E-state index in [4.69, 9.17) is 0 Å². The van der Waals surface area contributed by atoms with Gasteiger partial charge in [-0.25, -0.2) is 0 Å². The highest BCUT2D eigenvalue weighted by Crippen LogP contribution is 2.33. The van der Waals surface area contributed by atoms with Gasteiger partial charge in [0.15, 0.2) is 0 Å². The van der Waals surface area contributed by atoms with Crippen molar-refractivity contribution in [1.29, 1.82) is 0 Å². The summed E-state index contributed by atoms with van der Waals surface area (Å²) in [6.45, 7) is 9.48. The van der Waals surface area contributed by atoms with Crippen LogP contribution in [0.15, 0.2) is 16.8 Å². The Balaban J connectivity index is 2.05. The minimum Gasteiger partial charge on any atom is -0.321 e. The van der Waals surface area contributed by atoms with Crippen LogP contribution in [0, 0.1) is 5.92 Å². The van der Waals surface area contributed by atoms with Crippen molar-refractivity contribution in [3.05, 3.63) is 22.4 Å². The number of unbranched alkanes of at least 4 members (excludes halogenated alkanes) is 1. The zero-order chi connectivity index (χ0) is 15.5. The number of hydrogen-bond acceptors (Lipinski definition) is 3. The fourth-order valence-corrected chi connectivity index (χ4v) is 3.57. The quantitative estimate of drug-likeness (QED) is 0.767. The number of amides is 1. The second-order valence-corrected chi connectivity index (χ2v) is 7.46. The Kier molecular flexibility index (Phi) is 5.44. The minimum absolute atomic E-state index is 0.0488. The van der Waals surface area contributed by atoms with E-state index in [0.717, 1.165) is 25.3 Å². The fourth-order valence-electron chi connectivity index (χ4n) is 2.89. The maximum atomic E-state index is 12.8. The Bertz CT molecular complexity index is 457. The van der Waals surface area contributed by atoms with Gasteiger partial charge in [-0.05, 0) is 48.1 Å². The molecule has 1 saturated heterocycles. The van der Waals surface area contributed by atoms with Crippen LogP contribution in [0.4, 0.5) is 0 Å². The van der Waals surface area contributed by atoms with Crippen molar-refractivity contribution in [1.82, 2.24) is 10.2 Å². The summed E-state index contributed by atoms with van der Waals surface area (Å²) in [6, 6.07) is 2.12. The number of carbonyl (C=O) groups is 1. The first-order valence-electron chi connectivity index (χ1n) is 8.09. The second-order valence-electron chi connectivity index (χ2n) is 6.68. The van der Waals surface area contributed by atoms with Crippen molar-refractivity contribution < 1.29 is 4.79 Å². The lowest BCUT2D eigenvalue weighted by Crippen LogP contribution is -2.43. The van der Waals surface area contributed by atoms with E-state index in [1.54, 1.807) is 11.3 Å². The molecule has 1 aromatic rings. The topological polar surface area (TPSA) is 32.3 Å². The molecule has 1 amide bonds. The molecular weight excluding hydrogens is 280 g/mol. The van der Waals surface area contributed by atoms with E-state index in [1.165, 1.54) is 18.4 Å². The van der Waals surface area contributed by atoms with E-state index in [0.29, 0.717) is 0 Å². The molecule has 1 fully saturated rings. The Labute approximate surface area is 132 Å². The van der Waals surface area contributed by atoms with Crippen molar-refractivity contribution in [2.24, 2.45) is 5.92 Å². The van der Waals surface area contributed by atoms with Crippen LogP contribution in [0.2, 0.25) is 0 Å². The van der Waals surface area contributed by atoms with E-state index < -0.39 is 5.54 Å². The summed E-state index contributed by atoms with van der Waals surface area (Å²) in [7, 11) is 0. The summed E-state index contributed by atoms with van der Waals surface area (Å²) in [5.41, 5.74) is 0.805. The van der Waals surface area contributed by atoms with Crippen molar-refractivity contribution >= 4 is 17.2 Å². The van der Waals surface area contributed by atoms with Gasteiger partial charge in [0.25, 0.3) is 0 Å². The molecule has 1 N–H and O–H groups in total. The van der Waals surface area contributed by atoms with Crippen LogP contribution in [0.25, 0.3) is 0 Å². The van der Waals surface area contributed by atoms with Gasteiger partial charge in [-0.1, -0.05) is 33.6 Å². The maximum Gasteiger partial charge on any atom is 0.244 e. The van der Waals surface area contributed by atoms with Gasteiger partial charge in [0.2, 0.25) is 5.91 Å². The lowest BCUT2D eigenvalue weighted by atomic mass is 9.99. The van der Waals surface area contributed by atoms with E-state index in [9.17, 15) is 4.79 Å². The standard InChI is InChI=1S/C17H28N2OS/c1-5-17(4)16(20)19(10-7-6-8-13(2)3)15(18-17)14-9-11-21-12-14/h9,11-13,15,18H,5-8,10H2,1-4H3. The molecule has 2 unspecified atom stereocenters. The van der Waals surface area contributed by atoms with Crippen molar-refractivity contribution in [2.45, 2.75) is 65.1 Å². The van der Waals surface area contributed by atoms with Crippen LogP contribution in [0.3, 0.4) is 0 Å². The number of rotatable bonds is 7. The summed E-state index contributed by atoms with van der Waals surface area (Å²) < 4.78 is 0. The van der Waals surface area contributed by atoms with Crippen LogP contribution in [-0.4, -0.2) is 22.9 Å². The number of nitrogens with one attached hydrogen (secondary N) is 1. The molecule has 3 nitrogen and oxygen atoms in total. The maximum absolute atomic E-state index is 12.8. The monoisotopic (exact) mass is 308 g/mol. The van der Waals surface area contributed by atoms with Gasteiger partial charge in [0.05, 0.1) is 5.54 Å². The van der Waals surface area contributed by atoms with Crippen LogP contribution in [0.1, 0.15) is 65.1 Å². The summed E-state index contributed by atoms with van der Waals surface area (Å²) in [5, 5.41) is 7.78. The van der Waals surface area contributed by atoms with Gasteiger partial charge < -0.3 is 4.90 Å². The van der Waals surface area contributed by atoms with Crippen LogP contribution < -0.4 is 5.32 Å². The Hall–Kier alpha value is -0.870. The normalized spacial score (nSPS) is 26.0. The van der Waals surface area contributed by atoms with Crippen LogP contribution in [0.5, 0.6) is 0 Å². The van der Waals surface area contributed by atoms with Gasteiger partial charge in [-0.3, -0.25) is 10.1 Å². The minimum atomic E-state index is -0.412. The average molecular weight is 308 g/mol. The van der Waals surface area contributed by atoms with E-state index in [-0.39, 0.29) is 12.1 Å². The first-order valence-corrected chi connectivity index (χ1v) is 9.03. The molecule has 2 atom stereocenters. The molecule has 0 saturated carbocycles. The third kappa shape index (κ3) is 3.67. The predicted molar refractivity (Wildman–Crippen MR) is 89.3 cm³/mol. The molecular formula is C17H28N2OS. The summed E-state index contributed by atoms with van der Waals surface area (Å²) in [6.07, 6.45) is 4.40. The van der Waals surface area contributed by atoms with Gasteiger partial charge in [-0.15, -0.1) is 0 Å². The molecule has 118 valence electrons. The lowest BCUT2D eigenvalue weighted by Gasteiger charge is -2.23. The lowest BCUT2D eigenvalue weighted by molar-refractivity contribution is -0.133. The number of thiophene rings is 1. The fraction of sp³-hybridized carbons (Fsp3) is 0.706. The molecule has 1 aliphatic heterocycles. The predicted octanol–water partition coefficient (Wildman–Crippen LogP) is 4.17. The number of carbonyl (C=O) groups excluding carboxylic acids is 1. The van der Waals surface area contributed by atoms with Crippen molar-refractivity contribution in [3.63, 3.8) is 0 Å². The van der Waals surface area contributed by atoms with Gasteiger partial charge in [0.1, 0.15) is 6.17 Å². The molecule has 1 aliphatic rings. The molecule has 2 heterocycles. The highest BCUT2D eigenvalue weighted by atomic mass is 32.1. The first-order chi connectivity index (χ1) is 9.98. The van der Waals surface area contributed by atoms with E-state index >= 15 is 0 Å². The molecule has 0 aromatic carbocycles. The summed E-state index contributed by atoms with van der Waals surface area (Å²) in [4.78, 5) is 14.8. The second kappa shape index (κ2) is 6.93. The Morgan fingerprint density at radius 3 is 2.76 bits per heavy atom. The molecule has 0 bridgehead atoms. The largest absolute Gasteiger partial charge is 0.321 e. The Morgan fingerprint density at radius 1 is 1.43 bits per heavy atom. The summed E-state index contributed by atoms with van der Waals surface area (Å²) in [5.74, 6) is 0.997. The molecule has 0 radical (unpaired) electrons. The van der Waals surface area contributed by atoms with Crippen LogP contribution >= 0.6 is 11.3 Å². The first kappa shape index (κ1) is 16.5. The van der Waals surface area contributed by atoms with Crippen molar-refractivity contribution in [2.75, 3.05) is 6.54 Å². The van der Waals surface area contributed by atoms with E-state index in [2.05, 4.69) is 42.9 Å². The molecule has 21 heavy (non-hydrogen) atoms. The zero-order valence-corrected chi connectivity index (χ0v) is 14.5. The zero-order valence-electron chi connectivity index (χ0n) is 13.7. The number of hydrogen-bond donors (Lipinski definition) is 1. The van der Waals surface area contributed by atoms with Crippen LogP contribution in [-0.2, 0) is 4.79 Å². The molecule has 0 aliphatic carbocycles. The highest BCUT2D eigenvalue weighted by Gasteiger charge is 2.46. The SMILES string of the molecule is CCC1(C)NC(c2ccsc2)N(CCCCC(C)C)C1=O. The number of nitrogens with zero attached hydrogens (tertiary/aromatic N) is 1. The van der Waals surface area contributed by atoms with Gasteiger partial charge >= 0.3 is 0 Å². The van der Waals surface area contributed by atoms with Crippen molar-refractivity contribution in [3.8, 4) is 0 Å².